The molecule has 0 bridgehead atoms. The van der Waals surface area contributed by atoms with Crippen molar-refractivity contribution in [2.24, 2.45) is 5.41 Å². The molecule has 1 amide bonds. The van der Waals surface area contributed by atoms with Gasteiger partial charge in [-0.05, 0) is 36.2 Å². The number of nitrogens with zero attached hydrogens (tertiary/aromatic N) is 1. The SMILES string of the molecule is COc1cc(CNCCCN(O)C(=O)OC(c2ccccc2)C(C)(C)C)cc(OC)c1OC. The molecule has 0 aromatic heterocycles. The number of rotatable bonds is 11. The van der Waals surface area contributed by atoms with Gasteiger partial charge in [0.05, 0.1) is 27.9 Å². The van der Waals surface area contributed by atoms with Gasteiger partial charge in [0.2, 0.25) is 5.75 Å². The summed E-state index contributed by atoms with van der Waals surface area (Å²) in [7, 11) is 4.71. The van der Waals surface area contributed by atoms with E-state index < -0.39 is 12.2 Å². The second-order valence-electron chi connectivity index (χ2n) is 8.73. The van der Waals surface area contributed by atoms with E-state index in [-0.39, 0.29) is 12.0 Å². The van der Waals surface area contributed by atoms with Crippen LogP contribution in [0.5, 0.6) is 17.2 Å². The van der Waals surface area contributed by atoms with Crippen molar-refractivity contribution in [2.45, 2.75) is 39.8 Å². The molecule has 0 heterocycles. The third-order valence-corrected chi connectivity index (χ3v) is 5.10. The molecular formula is C25H36N2O6. The summed E-state index contributed by atoms with van der Waals surface area (Å²) >= 11 is 0. The molecule has 33 heavy (non-hydrogen) atoms. The maximum absolute atomic E-state index is 12.5. The van der Waals surface area contributed by atoms with Crippen LogP contribution in [0.2, 0.25) is 0 Å². The maximum Gasteiger partial charge on any atom is 0.434 e. The van der Waals surface area contributed by atoms with Crippen molar-refractivity contribution in [1.29, 1.82) is 0 Å². The standard InChI is InChI=1S/C25H36N2O6/c1-25(2,3)23(19-11-8-7-9-12-19)33-24(28)27(29)14-10-13-26-17-18-15-20(30-4)22(32-6)21(16-18)31-5/h7-9,11-12,15-16,23,26,29H,10,13-14,17H2,1-6H3. The second-order valence-corrected chi connectivity index (χ2v) is 8.73. The van der Waals surface area contributed by atoms with Gasteiger partial charge in [0.1, 0.15) is 6.10 Å². The van der Waals surface area contributed by atoms with Gasteiger partial charge in [-0.3, -0.25) is 5.21 Å². The Morgan fingerprint density at radius 3 is 2.15 bits per heavy atom. The van der Waals surface area contributed by atoms with Gasteiger partial charge in [-0.1, -0.05) is 51.1 Å². The van der Waals surface area contributed by atoms with Crippen molar-refractivity contribution in [3.05, 3.63) is 53.6 Å². The highest BCUT2D eigenvalue weighted by Crippen LogP contribution is 2.38. The van der Waals surface area contributed by atoms with Crippen LogP contribution in [-0.2, 0) is 11.3 Å². The van der Waals surface area contributed by atoms with E-state index in [0.29, 0.717) is 41.8 Å². The van der Waals surface area contributed by atoms with Crippen LogP contribution in [0, 0.1) is 5.41 Å². The van der Waals surface area contributed by atoms with E-state index in [4.69, 9.17) is 18.9 Å². The van der Waals surface area contributed by atoms with Crippen LogP contribution in [0.25, 0.3) is 0 Å². The lowest BCUT2D eigenvalue weighted by molar-refractivity contribution is -0.0959. The van der Waals surface area contributed by atoms with Crippen LogP contribution in [0.1, 0.15) is 44.4 Å². The zero-order valence-electron chi connectivity index (χ0n) is 20.4. The molecule has 0 fully saturated rings. The summed E-state index contributed by atoms with van der Waals surface area (Å²) in [6, 6.07) is 13.3. The Balaban J connectivity index is 1.84. The van der Waals surface area contributed by atoms with E-state index in [1.54, 1.807) is 21.3 Å². The van der Waals surface area contributed by atoms with Crippen LogP contribution in [0.3, 0.4) is 0 Å². The van der Waals surface area contributed by atoms with Gasteiger partial charge in [-0.15, -0.1) is 0 Å². The van der Waals surface area contributed by atoms with Crippen molar-refractivity contribution >= 4 is 6.09 Å². The van der Waals surface area contributed by atoms with Crippen molar-refractivity contribution in [1.82, 2.24) is 10.4 Å². The van der Waals surface area contributed by atoms with Gasteiger partial charge in [0.25, 0.3) is 0 Å². The fraction of sp³-hybridized carbons (Fsp3) is 0.480. The van der Waals surface area contributed by atoms with E-state index >= 15 is 0 Å². The predicted molar refractivity (Wildman–Crippen MR) is 126 cm³/mol. The largest absolute Gasteiger partial charge is 0.493 e. The summed E-state index contributed by atoms with van der Waals surface area (Å²) in [5, 5.41) is 14.1. The summed E-state index contributed by atoms with van der Waals surface area (Å²) in [5.74, 6) is 1.72. The molecule has 182 valence electrons. The summed E-state index contributed by atoms with van der Waals surface area (Å²) in [4.78, 5) is 12.5. The average molecular weight is 461 g/mol. The van der Waals surface area contributed by atoms with Crippen LogP contribution in [0.4, 0.5) is 4.79 Å². The first kappa shape index (κ1) is 26.3. The Morgan fingerprint density at radius 1 is 1.03 bits per heavy atom. The van der Waals surface area contributed by atoms with E-state index in [2.05, 4.69) is 5.32 Å². The monoisotopic (exact) mass is 460 g/mol. The van der Waals surface area contributed by atoms with Gasteiger partial charge >= 0.3 is 6.09 Å². The van der Waals surface area contributed by atoms with E-state index in [1.807, 2.05) is 63.2 Å². The molecule has 8 nitrogen and oxygen atoms in total. The first-order valence-corrected chi connectivity index (χ1v) is 10.9. The third kappa shape index (κ3) is 7.54. The molecule has 1 atom stereocenters. The lowest BCUT2D eigenvalue weighted by atomic mass is 9.84. The Morgan fingerprint density at radius 2 is 1.64 bits per heavy atom. The van der Waals surface area contributed by atoms with Crippen LogP contribution in [-0.4, -0.2) is 50.8 Å². The number of methoxy groups -OCH3 is 3. The third-order valence-electron chi connectivity index (χ3n) is 5.10. The number of hydrogen-bond acceptors (Lipinski definition) is 7. The highest BCUT2D eigenvalue weighted by atomic mass is 16.6. The lowest BCUT2D eigenvalue weighted by Crippen LogP contribution is -2.34. The van der Waals surface area contributed by atoms with Gasteiger partial charge in [0, 0.05) is 12.0 Å². The molecule has 0 aliphatic heterocycles. The minimum atomic E-state index is -0.761. The molecular weight excluding hydrogens is 424 g/mol. The van der Waals surface area contributed by atoms with Gasteiger partial charge < -0.3 is 24.3 Å². The van der Waals surface area contributed by atoms with Gasteiger partial charge in [0.15, 0.2) is 11.5 Å². The molecule has 2 N–H and O–H groups in total. The maximum atomic E-state index is 12.5. The zero-order chi connectivity index (χ0) is 24.4. The Bertz CT molecular complexity index is 857. The van der Waals surface area contributed by atoms with Gasteiger partial charge in [-0.25, -0.2) is 4.79 Å². The Hall–Kier alpha value is -2.97. The summed E-state index contributed by atoms with van der Waals surface area (Å²) in [6.07, 6.45) is -0.691. The summed E-state index contributed by atoms with van der Waals surface area (Å²) < 4.78 is 21.7. The number of carbonyl (C=O) groups excluding carboxylic acids is 1. The Labute approximate surface area is 196 Å². The molecule has 2 rings (SSSR count). The highest BCUT2D eigenvalue weighted by Gasteiger charge is 2.31. The minimum Gasteiger partial charge on any atom is -0.493 e. The fourth-order valence-corrected chi connectivity index (χ4v) is 3.45. The summed E-state index contributed by atoms with van der Waals surface area (Å²) in [6.45, 7) is 7.27. The molecule has 0 saturated carbocycles. The Kier molecular flexibility index (Phi) is 9.81. The van der Waals surface area contributed by atoms with E-state index in [1.165, 1.54) is 0 Å². The quantitative estimate of drug-likeness (QED) is 0.283. The molecule has 2 aromatic carbocycles. The fourth-order valence-electron chi connectivity index (χ4n) is 3.45. The normalized spacial score (nSPS) is 12.1. The lowest BCUT2D eigenvalue weighted by Gasteiger charge is -2.31. The van der Waals surface area contributed by atoms with Gasteiger partial charge in [-0.2, -0.15) is 5.06 Å². The van der Waals surface area contributed by atoms with E-state index in [9.17, 15) is 10.0 Å². The number of hydroxylamine groups is 2. The molecule has 0 aliphatic rings. The molecule has 2 aromatic rings. The number of nitrogens with one attached hydrogen (secondary N) is 1. The van der Waals surface area contributed by atoms with Crippen molar-refractivity contribution in [3.8, 4) is 17.2 Å². The summed E-state index contributed by atoms with van der Waals surface area (Å²) in [5.41, 5.74) is 1.53. The van der Waals surface area contributed by atoms with Crippen LogP contribution < -0.4 is 19.5 Å². The second kappa shape index (κ2) is 12.3. The van der Waals surface area contributed by atoms with Crippen molar-refractivity contribution in [2.75, 3.05) is 34.4 Å². The number of hydrogen-bond donors (Lipinski definition) is 2. The molecule has 0 radical (unpaired) electrons. The average Bonchev–Trinajstić information content (AvgIpc) is 2.80. The first-order chi connectivity index (χ1) is 15.7. The molecule has 8 heteroatoms. The molecule has 0 aliphatic carbocycles. The van der Waals surface area contributed by atoms with Crippen LogP contribution >= 0.6 is 0 Å². The number of benzene rings is 2. The number of carbonyl (C=O) groups is 1. The molecule has 1 unspecified atom stereocenters. The van der Waals surface area contributed by atoms with Crippen LogP contribution in [0.15, 0.2) is 42.5 Å². The van der Waals surface area contributed by atoms with Crippen molar-refractivity contribution in [3.63, 3.8) is 0 Å². The molecule has 0 saturated heterocycles. The topological polar surface area (TPSA) is 89.5 Å². The smallest absolute Gasteiger partial charge is 0.434 e. The van der Waals surface area contributed by atoms with Crippen molar-refractivity contribution < 1.29 is 28.9 Å². The number of ether oxygens (including phenoxy) is 4. The highest BCUT2D eigenvalue weighted by molar-refractivity contribution is 5.66. The first-order valence-electron chi connectivity index (χ1n) is 10.9. The minimum absolute atomic E-state index is 0.146. The molecule has 0 spiro atoms. The number of amides is 1. The van der Waals surface area contributed by atoms with E-state index in [0.717, 1.165) is 11.1 Å². The zero-order valence-corrected chi connectivity index (χ0v) is 20.4. The predicted octanol–water partition coefficient (Wildman–Crippen LogP) is 4.81.